The molecule has 148 valence electrons. The smallest absolute Gasteiger partial charge is 0.241 e. The number of carbonyl (C=O) groups excluding carboxylic acids is 1. The Hall–Kier alpha value is -1.50. The summed E-state index contributed by atoms with van der Waals surface area (Å²) in [5.74, 6) is 2.04. The van der Waals surface area contributed by atoms with E-state index in [1.54, 1.807) is 26.4 Å². The van der Waals surface area contributed by atoms with Crippen LogP contribution in [0.4, 0.5) is 5.69 Å². The van der Waals surface area contributed by atoms with Crippen molar-refractivity contribution in [3.8, 4) is 11.5 Å². The Labute approximate surface area is 163 Å². The summed E-state index contributed by atoms with van der Waals surface area (Å²) in [7, 11) is 5.18. The lowest BCUT2D eigenvalue weighted by atomic mass is 9.93. The summed E-state index contributed by atoms with van der Waals surface area (Å²) in [5, 5.41) is 6.20. The first-order valence-corrected chi connectivity index (χ1v) is 9.00. The van der Waals surface area contributed by atoms with Crippen molar-refractivity contribution >= 4 is 24.0 Å². The molecule has 0 radical (unpaired) electrons. The second kappa shape index (κ2) is 11.3. The maximum Gasteiger partial charge on any atom is 0.241 e. The minimum Gasteiger partial charge on any atom is -0.493 e. The van der Waals surface area contributed by atoms with Gasteiger partial charge in [-0.25, -0.2) is 0 Å². The van der Waals surface area contributed by atoms with E-state index in [1.165, 1.54) is 6.42 Å². The van der Waals surface area contributed by atoms with Crippen LogP contribution in [0.5, 0.6) is 11.5 Å². The molecule has 26 heavy (non-hydrogen) atoms. The van der Waals surface area contributed by atoms with Crippen LogP contribution in [0.3, 0.4) is 0 Å². The van der Waals surface area contributed by atoms with E-state index in [0.717, 1.165) is 44.1 Å². The van der Waals surface area contributed by atoms with E-state index in [4.69, 9.17) is 9.47 Å². The molecule has 7 heteroatoms. The Kier molecular flexibility index (Phi) is 9.76. The van der Waals surface area contributed by atoms with Crippen LogP contribution in [0, 0.1) is 5.92 Å². The topological polar surface area (TPSA) is 62.8 Å². The van der Waals surface area contributed by atoms with Crippen molar-refractivity contribution in [1.29, 1.82) is 0 Å². The van der Waals surface area contributed by atoms with Gasteiger partial charge in [-0.05, 0) is 70.9 Å². The maximum atomic E-state index is 12.6. The molecule has 0 spiro atoms. The Balaban J connectivity index is 0.00000338. The number of rotatable bonds is 8. The minimum atomic E-state index is -0.140. The summed E-state index contributed by atoms with van der Waals surface area (Å²) in [6, 6.07) is 5.27. The highest BCUT2D eigenvalue weighted by Gasteiger charge is 2.26. The number of hydrogen-bond donors (Lipinski definition) is 2. The van der Waals surface area contributed by atoms with Gasteiger partial charge >= 0.3 is 0 Å². The Bertz CT molecular complexity index is 563. The average Bonchev–Trinajstić information content (AvgIpc) is 2.66. The molecule has 1 aliphatic rings. The fraction of sp³-hybridized carbons (Fsp3) is 0.632. The van der Waals surface area contributed by atoms with Gasteiger partial charge in [-0.3, -0.25) is 9.69 Å². The predicted molar refractivity (Wildman–Crippen MR) is 108 cm³/mol. The standard InChI is InChI=1S/C19H31N3O3.ClH/c1-14(22-11-8-15(9-12-22)7-10-20-2)19(23)21-16-5-6-17(24-3)18(13-16)25-4;/h5-6,13-15,20H,7-12H2,1-4H3,(H,21,23);1H. The average molecular weight is 386 g/mol. The van der Waals surface area contributed by atoms with Gasteiger partial charge in [0.2, 0.25) is 5.91 Å². The highest BCUT2D eigenvalue weighted by molar-refractivity contribution is 5.94. The summed E-state index contributed by atoms with van der Waals surface area (Å²) in [6.45, 7) is 5.01. The van der Waals surface area contributed by atoms with E-state index < -0.39 is 0 Å². The predicted octanol–water partition coefficient (Wildman–Crippen LogP) is 2.77. The van der Waals surface area contributed by atoms with Crippen LogP contribution in [0.15, 0.2) is 18.2 Å². The molecule has 0 aromatic heterocycles. The zero-order valence-electron chi connectivity index (χ0n) is 16.2. The van der Waals surface area contributed by atoms with E-state index >= 15 is 0 Å². The molecular formula is C19H32ClN3O3. The number of benzene rings is 1. The van der Waals surface area contributed by atoms with Crippen molar-refractivity contribution < 1.29 is 14.3 Å². The Morgan fingerprint density at radius 2 is 1.88 bits per heavy atom. The lowest BCUT2D eigenvalue weighted by Gasteiger charge is -2.35. The van der Waals surface area contributed by atoms with Gasteiger partial charge in [0, 0.05) is 11.8 Å². The maximum absolute atomic E-state index is 12.6. The molecular weight excluding hydrogens is 354 g/mol. The third-order valence-corrected chi connectivity index (χ3v) is 5.03. The van der Waals surface area contributed by atoms with Crippen LogP contribution < -0.4 is 20.1 Å². The summed E-state index contributed by atoms with van der Waals surface area (Å²) in [6.07, 6.45) is 3.54. The van der Waals surface area contributed by atoms with Crippen molar-refractivity contribution in [2.45, 2.75) is 32.2 Å². The van der Waals surface area contributed by atoms with Crippen LogP contribution >= 0.6 is 12.4 Å². The largest absolute Gasteiger partial charge is 0.493 e. The van der Waals surface area contributed by atoms with Gasteiger partial charge in [-0.2, -0.15) is 0 Å². The van der Waals surface area contributed by atoms with Crippen molar-refractivity contribution in [3.63, 3.8) is 0 Å². The van der Waals surface area contributed by atoms with Crippen LogP contribution in [0.2, 0.25) is 0 Å². The van der Waals surface area contributed by atoms with Crippen molar-refractivity contribution in [2.75, 3.05) is 46.2 Å². The van der Waals surface area contributed by atoms with E-state index in [-0.39, 0.29) is 24.4 Å². The zero-order valence-corrected chi connectivity index (χ0v) is 17.0. The number of likely N-dealkylation sites (tertiary alicyclic amines) is 1. The van der Waals surface area contributed by atoms with Crippen LogP contribution in [0.1, 0.15) is 26.2 Å². The van der Waals surface area contributed by atoms with Crippen molar-refractivity contribution in [2.24, 2.45) is 5.92 Å². The summed E-state index contributed by atoms with van der Waals surface area (Å²) < 4.78 is 10.5. The molecule has 1 aromatic carbocycles. The van der Waals surface area contributed by atoms with E-state index in [9.17, 15) is 4.79 Å². The van der Waals surface area contributed by atoms with Gasteiger partial charge in [0.25, 0.3) is 0 Å². The quantitative estimate of drug-likeness (QED) is 0.720. The fourth-order valence-electron chi connectivity index (χ4n) is 3.30. The molecule has 0 aliphatic carbocycles. The lowest BCUT2D eigenvalue weighted by Crippen LogP contribution is -2.46. The van der Waals surface area contributed by atoms with Gasteiger partial charge in [0.05, 0.1) is 20.3 Å². The second-order valence-electron chi connectivity index (χ2n) is 6.61. The summed E-state index contributed by atoms with van der Waals surface area (Å²) in [4.78, 5) is 14.9. The summed E-state index contributed by atoms with van der Waals surface area (Å²) in [5.41, 5.74) is 0.721. The number of piperidine rings is 1. The molecule has 1 aliphatic heterocycles. The first-order valence-electron chi connectivity index (χ1n) is 9.00. The SMILES string of the molecule is CNCCC1CCN(C(C)C(=O)Nc2ccc(OC)c(OC)c2)CC1.Cl. The molecule has 1 unspecified atom stereocenters. The third kappa shape index (κ3) is 6.04. The number of nitrogens with zero attached hydrogens (tertiary/aromatic N) is 1. The number of amides is 1. The third-order valence-electron chi connectivity index (χ3n) is 5.03. The number of hydrogen-bond acceptors (Lipinski definition) is 5. The van der Waals surface area contributed by atoms with E-state index in [0.29, 0.717) is 11.5 Å². The number of methoxy groups -OCH3 is 2. The normalized spacial score (nSPS) is 16.5. The molecule has 1 fully saturated rings. The number of anilines is 1. The molecule has 6 nitrogen and oxygen atoms in total. The highest BCUT2D eigenvalue weighted by atomic mass is 35.5. The first kappa shape index (κ1) is 22.5. The minimum absolute atomic E-state index is 0. The monoisotopic (exact) mass is 385 g/mol. The number of ether oxygens (including phenoxy) is 2. The highest BCUT2D eigenvalue weighted by Crippen LogP contribution is 2.30. The first-order chi connectivity index (χ1) is 12.1. The van der Waals surface area contributed by atoms with E-state index in [2.05, 4.69) is 15.5 Å². The van der Waals surface area contributed by atoms with Gasteiger partial charge < -0.3 is 20.1 Å². The van der Waals surface area contributed by atoms with Crippen LogP contribution in [-0.4, -0.2) is 57.8 Å². The van der Waals surface area contributed by atoms with Crippen molar-refractivity contribution in [3.05, 3.63) is 18.2 Å². The zero-order chi connectivity index (χ0) is 18.2. The lowest BCUT2D eigenvalue weighted by molar-refractivity contribution is -0.121. The Morgan fingerprint density at radius 1 is 1.23 bits per heavy atom. The fourth-order valence-corrected chi connectivity index (χ4v) is 3.30. The number of carbonyl (C=O) groups is 1. The van der Waals surface area contributed by atoms with Crippen LogP contribution in [0.25, 0.3) is 0 Å². The second-order valence-corrected chi connectivity index (χ2v) is 6.61. The molecule has 1 amide bonds. The Morgan fingerprint density at radius 3 is 2.46 bits per heavy atom. The summed E-state index contributed by atoms with van der Waals surface area (Å²) >= 11 is 0. The van der Waals surface area contributed by atoms with Crippen molar-refractivity contribution in [1.82, 2.24) is 10.2 Å². The van der Waals surface area contributed by atoms with Gasteiger partial charge in [0.1, 0.15) is 0 Å². The van der Waals surface area contributed by atoms with Gasteiger partial charge in [-0.1, -0.05) is 0 Å². The molecule has 0 bridgehead atoms. The molecule has 1 saturated heterocycles. The molecule has 0 saturated carbocycles. The molecule has 1 aromatic rings. The number of halogens is 1. The van der Waals surface area contributed by atoms with Crippen LogP contribution in [-0.2, 0) is 4.79 Å². The molecule has 1 atom stereocenters. The molecule has 2 N–H and O–H groups in total. The molecule has 1 heterocycles. The van der Waals surface area contributed by atoms with Gasteiger partial charge in [0.15, 0.2) is 11.5 Å². The van der Waals surface area contributed by atoms with Gasteiger partial charge in [-0.15, -0.1) is 12.4 Å². The number of nitrogens with one attached hydrogen (secondary N) is 2. The molecule has 2 rings (SSSR count). The van der Waals surface area contributed by atoms with E-state index in [1.807, 2.05) is 20.0 Å².